The van der Waals surface area contributed by atoms with E-state index < -0.39 is 17.0 Å². The van der Waals surface area contributed by atoms with Gasteiger partial charge in [0.25, 0.3) is 5.89 Å². The lowest BCUT2D eigenvalue weighted by Crippen LogP contribution is -2.33. The van der Waals surface area contributed by atoms with Gasteiger partial charge in [0.05, 0.1) is 11.8 Å². The van der Waals surface area contributed by atoms with Crippen molar-refractivity contribution in [3.05, 3.63) is 28.6 Å². The molecule has 0 amide bonds. The summed E-state index contributed by atoms with van der Waals surface area (Å²) in [6.07, 6.45) is 0.802. The van der Waals surface area contributed by atoms with Crippen molar-refractivity contribution in [3.8, 4) is 11.6 Å². The summed E-state index contributed by atoms with van der Waals surface area (Å²) in [6, 6.07) is 2.16. The summed E-state index contributed by atoms with van der Waals surface area (Å²) < 4.78 is 43.7. The number of alkyl halides is 4. The van der Waals surface area contributed by atoms with E-state index in [0.29, 0.717) is 24.2 Å². The van der Waals surface area contributed by atoms with E-state index in [1.54, 1.807) is 6.08 Å². The Hall–Kier alpha value is -2.14. The molecule has 0 radical (unpaired) electrons. The predicted octanol–water partition coefficient (Wildman–Crippen LogP) is 5.31. The minimum absolute atomic E-state index is 0.0709. The van der Waals surface area contributed by atoms with Crippen LogP contribution in [0.4, 0.5) is 19.2 Å². The monoisotopic (exact) mass is 543 g/mol. The Kier molecular flexibility index (Phi) is 6.97. The van der Waals surface area contributed by atoms with E-state index in [1.165, 1.54) is 0 Å². The number of halogens is 4. The molecule has 2 heterocycles. The number of pyridine rings is 1. The van der Waals surface area contributed by atoms with Crippen LogP contribution in [0, 0.1) is 6.92 Å². The molecule has 3 atom stereocenters. The zero-order valence-corrected chi connectivity index (χ0v) is 20.9. The third kappa shape index (κ3) is 5.91. The van der Waals surface area contributed by atoms with Crippen molar-refractivity contribution in [1.29, 1.82) is 0 Å². The van der Waals surface area contributed by atoms with Crippen LogP contribution in [0.25, 0.3) is 17.7 Å². The number of fused-ring (bicyclic) bond motifs is 1. The zero-order valence-electron chi connectivity index (χ0n) is 19.3. The molecule has 0 bridgehead atoms. The van der Waals surface area contributed by atoms with Crippen molar-refractivity contribution >= 4 is 28.0 Å². The Morgan fingerprint density at radius 2 is 2.00 bits per heavy atom. The first kappa shape index (κ1) is 25.0. The summed E-state index contributed by atoms with van der Waals surface area (Å²) in [7, 11) is 0. The standard InChI is InChI=1S/C23H29BrF3N5O2/c1-12-7-18(20-31-32-21(34-20)29-13-5-4-6-15(33)8-13)30-19-16(12)9-14(28-11-23(25,26)27)10-17(19)22(2,3)24/h7,9,13,15,17,28,33H,4-6,8,10-11H2,1-3H3,(H,29,32)/t13-,15+,17?/m1/s1. The van der Waals surface area contributed by atoms with Gasteiger partial charge in [0, 0.05) is 27.5 Å². The summed E-state index contributed by atoms with van der Waals surface area (Å²) in [5, 5.41) is 23.9. The summed E-state index contributed by atoms with van der Waals surface area (Å²) in [5.74, 6) is 0.0898. The smallest absolute Gasteiger partial charge is 0.402 e. The largest absolute Gasteiger partial charge is 0.405 e. The van der Waals surface area contributed by atoms with E-state index in [9.17, 15) is 18.3 Å². The summed E-state index contributed by atoms with van der Waals surface area (Å²) in [5.41, 5.74) is 3.47. The van der Waals surface area contributed by atoms with Gasteiger partial charge >= 0.3 is 12.2 Å². The van der Waals surface area contributed by atoms with Gasteiger partial charge in [-0.05, 0) is 70.6 Å². The van der Waals surface area contributed by atoms with Crippen LogP contribution < -0.4 is 10.6 Å². The van der Waals surface area contributed by atoms with Crippen LogP contribution >= 0.6 is 15.9 Å². The number of rotatable bonds is 6. The highest BCUT2D eigenvalue weighted by atomic mass is 79.9. The Morgan fingerprint density at radius 1 is 1.24 bits per heavy atom. The number of anilines is 1. The third-order valence-corrected chi connectivity index (χ3v) is 6.88. The molecule has 0 aromatic carbocycles. The lowest BCUT2D eigenvalue weighted by molar-refractivity contribution is -0.123. The number of aliphatic hydroxyl groups excluding tert-OH is 1. The van der Waals surface area contributed by atoms with Crippen molar-refractivity contribution in [2.45, 2.75) is 81.4 Å². The first-order chi connectivity index (χ1) is 15.9. The van der Waals surface area contributed by atoms with E-state index in [1.807, 2.05) is 26.8 Å². The topological polar surface area (TPSA) is 96.1 Å². The van der Waals surface area contributed by atoms with E-state index in [-0.39, 0.29) is 30.0 Å². The maximum absolute atomic E-state index is 12.8. The van der Waals surface area contributed by atoms with E-state index in [4.69, 9.17) is 9.40 Å². The molecule has 34 heavy (non-hydrogen) atoms. The minimum Gasteiger partial charge on any atom is -0.402 e. The lowest BCUT2D eigenvalue weighted by atomic mass is 9.80. The molecule has 3 N–H and O–H groups in total. The molecule has 0 aliphatic heterocycles. The molecule has 4 rings (SSSR count). The second-order valence-corrected chi connectivity index (χ2v) is 11.7. The average molecular weight is 544 g/mol. The number of nitrogens with one attached hydrogen (secondary N) is 2. The molecular formula is C23H29BrF3N5O2. The molecule has 2 aromatic heterocycles. The Morgan fingerprint density at radius 3 is 2.68 bits per heavy atom. The summed E-state index contributed by atoms with van der Waals surface area (Å²) in [6.45, 7) is 4.77. The maximum atomic E-state index is 12.8. The van der Waals surface area contributed by atoms with Crippen LogP contribution in [0.1, 0.15) is 68.7 Å². The molecule has 7 nitrogen and oxygen atoms in total. The lowest BCUT2D eigenvalue weighted by Gasteiger charge is -2.34. The predicted molar refractivity (Wildman–Crippen MR) is 127 cm³/mol. The number of nitrogens with zero attached hydrogens (tertiary/aromatic N) is 3. The quantitative estimate of drug-likeness (QED) is 0.425. The fraction of sp³-hybridized carbons (Fsp3) is 0.609. The molecule has 1 saturated carbocycles. The van der Waals surface area contributed by atoms with Crippen LogP contribution in [0.2, 0.25) is 0 Å². The fourth-order valence-electron chi connectivity index (χ4n) is 4.58. The molecule has 1 unspecified atom stereocenters. The van der Waals surface area contributed by atoms with Crippen LogP contribution in [-0.4, -0.2) is 49.5 Å². The molecule has 186 valence electrons. The molecule has 0 saturated heterocycles. The zero-order chi connectivity index (χ0) is 24.7. The highest BCUT2D eigenvalue weighted by Gasteiger charge is 2.36. The van der Waals surface area contributed by atoms with E-state index >= 15 is 0 Å². The molecule has 0 spiro atoms. The fourth-order valence-corrected chi connectivity index (χ4v) is 4.96. The van der Waals surface area contributed by atoms with Gasteiger partial charge in [-0.3, -0.25) is 0 Å². The second-order valence-electron chi connectivity index (χ2n) is 9.66. The van der Waals surface area contributed by atoms with Gasteiger partial charge in [-0.25, -0.2) is 4.98 Å². The van der Waals surface area contributed by atoms with Crippen molar-refractivity contribution < 1.29 is 22.7 Å². The van der Waals surface area contributed by atoms with Crippen molar-refractivity contribution in [2.75, 3.05) is 11.9 Å². The van der Waals surface area contributed by atoms with Crippen LogP contribution in [-0.2, 0) is 0 Å². The van der Waals surface area contributed by atoms with E-state index in [2.05, 4.69) is 36.8 Å². The molecule has 2 aliphatic carbocycles. The second kappa shape index (κ2) is 9.49. The highest BCUT2D eigenvalue weighted by Crippen LogP contribution is 2.44. The van der Waals surface area contributed by atoms with E-state index in [0.717, 1.165) is 36.1 Å². The normalized spacial score (nSPS) is 23.3. The Balaban J connectivity index is 1.62. The van der Waals surface area contributed by atoms with Gasteiger partial charge < -0.3 is 20.2 Å². The van der Waals surface area contributed by atoms with Crippen molar-refractivity contribution in [2.24, 2.45) is 0 Å². The van der Waals surface area contributed by atoms with Gasteiger partial charge in [0.1, 0.15) is 12.2 Å². The van der Waals surface area contributed by atoms with Gasteiger partial charge in [-0.1, -0.05) is 21.0 Å². The molecule has 2 aliphatic rings. The number of hydrogen-bond acceptors (Lipinski definition) is 7. The Labute approximate surface area is 204 Å². The minimum atomic E-state index is -4.29. The Bertz CT molecular complexity index is 1060. The SMILES string of the molecule is Cc1cc(-c2nnc(N[C@@H]3CCC[C@H](O)C3)o2)nc2c1C=C(NCC(F)(F)F)CC2C(C)(C)Br. The average Bonchev–Trinajstić information content (AvgIpc) is 3.19. The number of allylic oxidation sites excluding steroid dienone is 1. The molecular weight excluding hydrogens is 515 g/mol. The van der Waals surface area contributed by atoms with Crippen LogP contribution in [0.5, 0.6) is 0 Å². The molecule has 2 aromatic rings. The summed E-state index contributed by atoms with van der Waals surface area (Å²) >= 11 is 3.70. The van der Waals surface area contributed by atoms with Gasteiger partial charge in [-0.2, -0.15) is 13.2 Å². The van der Waals surface area contributed by atoms with Gasteiger partial charge in [-0.15, -0.1) is 5.10 Å². The van der Waals surface area contributed by atoms with Gasteiger partial charge in [0.2, 0.25) is 0 Å². The summed E-state index contributed by atoms with van der Waals surface area (Å²) in [4.78, 5) is 4.82. The van der Waals surface area contributed by atoms with Crippen LogP contribution in [0.15, 0.2) is 16.2 Å². The van der Waals surface area contributed by atoms with Crippen molar-refractivity contribution in [3.63, 3.8) is 0 Å². The number of aliphatic hydroxyl groups is 1. The third-order valence-electron chi connectivity index (χ3n) is 6.33. The number of aryl methyl sites for hydroxylation is 1. The molecule has 1 fully saturated rings. The molecule has 11 heteroatoms. The number of aromatic nitrogens is 3. The van der Waals surface area contributed by atoms with Crippen LogP contribution in [0.3, 0.4) is 0 Å². The first-order valence-electron chi connectivity index (χ1n) is 11.4. The highest BCUT2D eigenvalue weighted by molar-refractivity contribution is 9.10. The first-order valence-corrected chi connectivity index (χ1v) is 12.2. The van der Waals surface area contributed by atoms with Crippen molar-refractivity contribution in [1.82, 2.24) is 20.5 Å². The number of hydrogen-bond donors (Lipinski definition) is 3. The maximum Gasteiger partial charge on any atom is 0.405 e. The van der Waals surface area contributed by atoms with Gasteiger partial charge in [0.15, 0.2) is 0 Å².